The Bertz CT molecular complexity index is 1100. The van der Waals surface area contributed by atoms with E-state index in [0.717, 1.165) is 10.0 Å². The van der Waals surface area contributed by atoms with Gasteiger partial charge in [0.05, 0.1) is 4.90 Å². The molecule has 0 saturated carbocycles. The van der Waals surface area contributed by atoms with E-state index in [-0.39, 0.29) is 16.6 Å². The maximum Gasteiger partial charge on any atom is 0.263 e. The van der Waals surface area contributed by atoms with Crippen molar-refractivity contribution in [3.8, 4) is 0 Å². The molecule has 0 aliphatic rings. The second-order valence-electron chi connectivity index (χ2n) is 5.83. The Morgan fingerprint density at radius 3 is 2.39 bits per heavy atom. The lowest BCUT2D eigenvalue weighted by atomic mass is 10.2. The molecule has 7 nitrogen and oxygen atoms in total. The summed E-state index contributed by atoms with van der Waals surface area (Å²) in [6.07, 6.45) is 3.09. The fraction of sp³-hybridized carbons (Fsp3) is 0.0526. The molecule has 0 fully saturated rings. The van der Waals surface area contributed by atoms with E-state index in [1.807, 2.05) is 24.3 Å². The summed E-state index contributed by atoms with van der Waals surface area (Å²) in [5, 5.41) is 6.28. The molecule has 0 spiro atoms. The van der Waals surface area contributed by atoms with E-state index in [9.17, 15) is 13.2 Å². The molecule has 2 aromatic carbocycles. The summed E-state index contributed by atoms with van der Waals surface area (Å²) >= 11 is 3.35. The summed E-state index contributed by atoms with van der Waals surface area (Å²) in [6, 6.07) is 14.8. The molecule has 0 saturated heterocycles. The van der Waals surface area contributed by atoms with Gasteiger partial charge in [-0.05, 0) is 55.0 Å². The summed E-state index contributed by atoms with van der Waals surface area (Å²) in [5.74, 6) is 0.273. The van der Waals surface area contributed by atoms with E-state index >= 15 is 0 Å². The van der Waals surface area contributed by atoms with Gasteiger partial charge < -0.3 is 9.84 Å². The number of hydrogen-bond donors (Lipinski definition) is 2. The molecule has 0 bridgehead atoms. The van der Waals surface area contributed by atoms with Crippen LogP contribution in [0.4, 0.5) is 11.5 Å². The lowest BCUT2D eigenvalue weighted by Gasteiger charge is -2.06. The van der Waals surface area contributed by atoms with Crippen LogP contribution < -0.4 is 10.0 Å². The van der Waals surface area contributed by atoms with Crippen LogP contribution in [0.2, 0.25) is 0 Å². The number of nitrogens with zero attached hydrogens (tertiary/aromatic N) is 1. The van der Waals surface area contributed by atoms with Crippen molar-refractivity contribution in [1.82, 2.24) is 5.16 Å². The molecule has 0 unspecified atom stereocenters. The van der Waals surface area contributed by atoms with Crippen molar-refractivity contribution in [2.75, 3.05) is 10.0 Å². The number of carbonyl (C=O) groups is 1. The summed E-state index contributed by atoms with van der Waals surface area (Å²) in [5.41, 5.74) is 1.36. The maximum atomic E-state index is 12.3. The average Bonchev–Trinajstić information content (AvgIpc) is 3.06. The number of aryl methyl sites for hydroxylation is 1. The highest BCUT2D eigenvalue weighted by molar-refractivity contribution is 9.10. The minimum atomic E-state index is -3.80. The minimum Gasteiger partial charge on any atom is -0.360 e. The van der Waals surface area contributed by atoms with Crippen molar-refractivity contribution in [3.63, 3.8) is 0 Å². The van der Waals surface area contributed by atoms with Gasteiger partial charge in [0.25, 0.3) is 10.0 Å². The van der Waals surface area contributed by atoms with Crippen LogP contribution in [0.25, 0.3) is 6.08 Å². The second kappa shape index (κ2) is 8.41. The van der Waals surface area contributed by atoms with Gasteiger partial charge in [0, 0.05) is 22.3 Å². The predicted molar refractivity (Wildman–Crippen MR) is 110 cm³/mol. The zero-order valence-electron chi connectivity index (χ0n) is 14.7. The summed E-state index contributed by atoms with van der Waals surface area (Å²) in [7, 11) is -3.80. The van der Waals surface area contributed by atoms with Gasteiger partial charge in [-0.2, -0.15) is 0 Å². The zero-order valence-corrected chi connectivity index (χ0v) is 17.1. The molecule has 0 atom stereocenters. The van der Waals surface area contributed by atoms with Crippen LogP contribution >= 0.6 is 15.9 Å². The molecule has 3 aromatic rings. The molecule has 3 rings (SSSR count). The highest BCUT2D eigenvalue weighted by atomic mass is 79.9. The molecule has 2 N–H and O–H groups in total. The third kappa shape index (κ3) is 5.30. The fourth-order valence-electron chi connectivity index (χ4n) is 2.26. The normalized spacial score (nSPS) is 11.5. The zero-order chi connectivity index (χ0) is 20.1. The van der Waals surface area contributed by atoms with E-state index in [2.05, 4.69) is 31.1 Å². The smallest absolute Gasteiger partial charge is 0.263 e. The molecule has 28 heavy (non-hydrogen) atoms. The molecule has 0 aliphatic carbocycles. The van der Waals surface area contributed by atoms with E-state index in [4.69, 9.17) is 4.52 Å². The largest absolute Gasteiger partial charge is 0.360 e. The van der Waals surface area contributed by atoms with E-state index in [1.54, 1.807) is 13.0 Å². The van der Waals surface area contributed by atoms with E-state index < -0.39 is 10.0 Å². The summed E-state index contributed by atoms with van der Waals surface area (Å²) < 4.78 is 32.8. The van der Waals surface area contributed by atoms with Gasteiger partial charge in [-0.15, -0.1) is 0 Å². The van der Waals surface area contributed by atoms with Crippen LogP contribution in [0, 0.1) is 6.92 Å². The van der Waals surface area contributed by atoms with Gasteiger partial charge in [0.1, 0.15) is 5.76 Å². The Balaban J connectivity index is 1.63. The van der Waals surface area contributed by atoms with Crippen LogP contribution in [-0.4, -0.2) is 19.5 Å². The first-order valence-electron chi connectivity index (χ1n) is 8.13. The number of amides is 1. The third-order valence-electron chi connectivity index (χ3n) is 3.60. The summed E-state index contributed by atoms with van der Waals surface area (Å²) in [6.45, 7) is 1.66. The standard InChI is InChI=1S/C19H16BrN3O4S/c1-13-12-18(22-27-13)23-28(25,26)17-9-7-16(8-10-17)21-19(24)11-4-14-2-5-15(20)6-3-14/h2-12H,1H3,(H,21,24)(H,22,23). The van der Waals surface area contributed by atoms with Crippen LogP contribution in [0.3, 0.4) is 0 Å². The van der Waals surface area contributed by atoms with Gasteiger partial charge in [-0.3, -0.25) is 9.52 Å². The van der Waals surface area contributed by atoms with E-state index in [0.29, 0.717) is 11.4 Å². The van der Waals surface area contributed by atoms with Gasteiger partial charge in [0.15, 0.2) is 5.82 Å². The lowest BCUT2D eigenvalue weighted by Crippen LogP contribution is -2.13. The van der Waals surface area contributed by atoms with Crippen molar-refractivity contribution in [2.45, 2.75) is 11.8 Å². The Hall–Kier alpha value is -2.91. The lowest BCUT2D eigenvalue weighted by molar-refractivity contribution is -0.111. The number of benzene rings is 2. The first-order chi connectivity index (χ1) is 13.3. The van der Waals surface area contributed by atoms with Crippen molar-refractivity contribution >= 4 is 49.4 Å². The number of carbonyl (C=O) groups excluding carboxylic acids is 1. The Kier molecular flexibility index (Phi) is 5.96. The first kappa shape index (κ1) is 19.8. The number of rotatable bonds is 6. The summed E-state index contributed by atoms with van der Waals surface area (Å²) in [4.78, 5) is 12.1. The molecule has 1 aromatic heterocycles. The van der Waals surface area contributed by atoms with Crippen LogP contribution in [0.5, 0.6) is 0 Å². The molecule has 0 radical (unpaired) electrons. The predicted octanol–water partition coefficient (Wildman–Crippen LogP) is 4.20. The Labute approximate surface area is 170 Å². The highest BCUT2D eigenvalue weighted by Gasteiger charge is 2.16. The molecule has 9 heteroatoms. The topological polar surface area (TPSA) is 101 Å². The van der Waals surface area contributed by atoms with E-state index in [1.165, 1.54) is 36.4 Å². The van der Waals surface area contributed by atoms with Crippen molar-refractivity contribution in [3.05, 3.63) is 76.5 Å². The number of sulfonamides is 1. The van der Waals surface area contributed by atoms with Gasteiger partial charge >= 0.3 is 0 Å². The minimum absolute atomic E-state index is 0.0385. The number of aromatic nitrogens is 1. The van der Waals surface area contributed by atoms with Crippen LogP contribution in [-0.2, 0) is 14.8 Å². The molecule has 1 amide bonds. The maximum absolute atomic E-state index is 12.3. The first-order valence-corrected chi connectivity index (χ1v) is 10.4. The van der Waals surface area contributed by atoms with Crippen LogP contribution in [0.15, 0.2) is 74.6 Å². The van der Waals surface area contributed by atoms with Gasteiger partial charge in [-0.25, -0.2) is 8.42 Å². The van der Waals surface area contributed by atoms with Gasteiger partial charge in [0.2, 0.25) is 5.91 Å². The average molecular weight is 462 g/mol. The highest BCUT2D eigenvalue weighted by Crippen LogP contribution is 2.18. The Morgan fingerprint density at radius 2 is 1.79 bits per heavy atom. The number of nitrogens with one attached hydrogen (secondary N) is 2. The quantitative estimate of drug-likeness (QED) is 0.535. The molecular weight excluding hydrogens is 446 g/mol. The Morgan fingerprint density at radius 1 is 1.11 bits per heavy atom. The number of anilines is 2. The van der Waals surface area contributed by atoms with Crippen molar-refractivity contribution < 1.29 is 17.7 Å². The third-order valence-corrected chi connectivity index (χ3v) is 5.50. The molecule has 0 aliphatic heterocycles. The monoisotopic (exact) mass is 461 g/mol. The van der Waals surface area contributed by atoms with Crippen molar-refractivity contribution in [2.24, 2.45) is 0 Å². The molecular formula is C19H16BrN3O4S. The fourth-order valence-corrected chi connectivity index (χ4v) is 3.51. The van der Waals surface area contributed by atoms with Crippen LogP contribution in [0.1, 0.15) is 11.3 Å². The number of hydrogen-bond acceptors (Lipinski definition) is 5. The second-order valence-corrected chi connectivity index (χ2v) is 8.42. The SMILES string of the molecule is Cc1cc(NS(=O)(=O)c2ccc(NC(=O)C=Cc3ccc(Br)cc3)cc2)no1. The van der Waals surface area contributed by atoms with Crippen molar-refractivity contribution in [1.29, 1.82) is 0 Å². The molecule has 144 valence electrons. The molecule has 1 heterocycles. The number of halogens is 1. The van der Waals surface area contributed by atoms with Gasteiger partial charge in [-0.1, -0.05) is 33.2 Å².